The number of anilines is 1. The fourth-order valence-corrected chi connectivity index (χ4v) is 2.10. The summed E-state index contributed by atoms with van der Waals surface area (Å²) in [6, 6.07) is 0.276. The Morgan fingerprint density at radius 1 is 1.60 bits per heavy atom. The molecule has 6 heteroatoms. The molecule has 1 unspecified atom stereocenters. The summed E-state index contributed by atoms with van der Waals surface area (Å²) in [6.07, 6.45) is 3.55. The number of nitrogens with one attached hydrogen (secondary N) is 2. The Morgan fingerprint density at radius 2 is 2.47 bits per heavy atom. The van der Waals surface area contributed by atoms with Crippen LogP contribution >= 0.6 is 22.6 Å². The highest BCUT2D eigenvalue weighted by atomic mass is 127. The predicted octanol–water partition coefficient (Wildman–Crippen LogP) is 0.480. The molecule has 0 amide bonds. The van der Waals surface area contributed by atoms with E-state index in [1.807, 2.05) is 0 Å². The van der Waals surface area contributed by atoms with Crippen molar-refractivity contribution < 1.29 is 4.74 Å². The maximum atomic E-state index is 5.36. The summed E-state index contributed by atoms with van der Waals surface area (Å²) in [4.78, 5) is 8.15. The smallest absolute Gasteiger partial charge is 0.143 e. The maximum absolute atomic E-state index is 5.36. The molecule has 0 bridgehead atoms. The van der Waals surface area contributed by atoms with Gasteiger partial charge in [0.05, 0.1) is 15.7 Å². The molecule has 0 radical (unpaired) electrons. The summed E-state index contributed by atoms with van der Waals surface area (Å²) in [5, 5.41) is 6.64. The third-order valence-electron chi connectivity index (χ3n) is 2.45. The predicted molar refractivity (Wildman–Crippen MR) is 65.8 cm³/mol. The number of aromatic nitrogens is 2. The highest BCUT2D eigenvalue weighted by molar-refractivity contribution is 14.1. The quantitative estimate of drug-likeness (QED) is 0.794. The van der Waals surface area contributed by atoms with Crippen LogP contribution in [0.1, 0.15) is 0 Å². The van der Waals surface area contributed by atoms with E-state index in [9.17, 15) is 0 Å². The molecule has 2 heterocycles. The van der Waals surface area contributed by atoms with E-state index in [1.54, 1.807) is 19.6 Å². The van der Waals surface area contributed by atoms with Crippen molar-refractivity contribution in [2.75, 3.05) is 25.5 Å². The van der Waals surface area contributed by atoms with Crippen LogP contribution in [-0.2, 0) is 4.74 Å². The molecule has 15 heavy (non-hydrogen) atoms. The Kier molecular flexibility index (Phi) is 3.71. The molecule has 1 aromatic rings. The first-order chi connectivity index (χ1) is 7.31. The lowest BCUT2D eigenvalue weighted by atomic mass is 10.2. The average Bonchev–Trinajstić information content (AvgIpc) is 2.69. The Bertz CT molecular complexity index is 336. The van der Waals surface area contributed by atoms with Crippen LogP contribution in [0, 0.1) is 3.57 Å². The van der Waals surface area contributed by atoms with Crippen molar-refractivity contribution in [2.45, 2.75) is 12.1 Å². The minimum absolute atomic E-state index is 0.204. The Morgan fingerprint density at radius 3 is 3.20 bits per heavy atom. The molecule has 0 spiro atoms. The van der Waals surface area contributed by atoms with E-state index in [0.717, 1.165) is 22.5 Å². The van der Waals surface area contributed by atoms with Crippen LogP contribution in [0.25, 0.3) is 0 Å². The zero-order valence-electron chi connectivity index (χ0n) is 8.40. The van der Waals surface area contributed by atoms with E-state index in [-0.39, 0.29) is 12.1 Å². The van der Waals surface area contributed by atoms with Gasteiger partial charge in [0.1, 0.15) is 12.1 Å². The van der Waals surface area contributed by atoms with E-state index in [1.165, 1.54) is 0 Å². The second-order valence-corrected chi connectivity index (χ2v) is 4.56. The number of hydrogen-bond donors (Lipinski definition) is 2. The van der Waals surface area contributed by atoms with Crippen molar-refractivity contribution in [3.8, 4) is 0 Å². The number of methoxy groups -OCH3 is 1. The van der Waals surface area contributed by atoms with Gasteiger partial charge in [0.15, 0.2) is 0 Å². The molecule has 1 saturated heterocycles. The van der Waals surface area contributed by atoms with Gasteiger partial charge in [-0.25, -0.2) is 9.97 Å². The maximum Gasteiger partial charge on any atom is 0.143 e. The third-order valence-corrected chi connectivity index (χ3v) is 3.24. The molecule has 2 rings (SSSR count). The number of rotatable bonds is 3. The second-order valence-electron chi connectivity index (χ2n) is 3.40. The lowest BCUT2D eigenvalue weighted by Crippen LogP contribution is -2.34. The highest BCUT2D eigenvalue weighted by Gasteiger charge is 2.27. The van der Waals surface area contributed by atoms with Gasteiger partial charge in [-0.2, -0.15) is 0 Å². The van der Waals surface area contributed by atoms with Crippen LogP contribution in [-0.4, -0.2) is 42.3 Å². The zero-order chi connectivity index (χ0) is 10.7. The minimum Gasteiger partial charge on any atom is -0.378 e. The van der Waals surface area contributed by atoms with Crippen LogP contribution in [0.15, 0.2) is 12.5 Å². The monoisotopic (exact) mass is 320 g/mol. The molecule has 2 atom stereocenters. The molecule has 82 valence electrons. The Hall–Kier alpha value is -0.470. The van der Waals surface area contributed by atoms with Gasteiger partial charge in [0, 0.05) is 26.4 Å². The van der Waals surface area contributed by atoms with Gasteiger partial charge in [-0.15, -0.1) is 0 Å². The first kappa shape index (κ1) is 11.0. The topological polar surface area (TPSA) is 59.1 Å². The molecule has 0 saturated carbocycles. The van der Waals surface area contributed by atoms with Crippen LogP contribution in [0.5, 0.6) is 0 Å². The van der Waals surface area contributed by atoms with Gasteiger partial charge in [-0.3, -0.25) is 0 Å². The van der Waals surface area contributed by atoms with Gasteiger partial charge in [0.25, 0.3) is 0 Å². The lowest BCUT2D eigenvalue weighted by molar-refractivity contribution is 0.111. The van der Waals surface area contributed by atoms with Crippen LogP contribution in [0.4, 0.5) is 5.82 Å². The Labute approximate surface area is 102 Å². The molecule has 1 aliphatic heterocycles. The summed E-state index contributed by atoms with van der Waals surface area (Å²) >= 11 is 2.22. The molecule has 1 aromatic heterocycles. The first-order valence-corrected chi connectivity index (χ1v) is 5.84. The summed E-state index contributed by atoms with van der Waals surface area (Å²) in [5.41, 5.74) is 0. The van der Waals surface area contributed by atoms with Gasteiger partial charge in [-0.05, 0) is 22.6 Å². The third kappa shape index (κ3) is 2.56. The standard InChI is InChI=1S/C9H13IN4O/c1-15-8-4-11-3-7(8)14-9-6(10)2-12-5-13-9/h2,5,7-8,11H,3-4H2,1H3,(H,12,13,14)/t7?,8-/m0/s1. The fourth-order valence-electron chi connectivity index (χ4n) is 1.64. The van der Waals surface area contributed by atoms with Gasteiger partial charge in [0.2, 0.25) is 0 Å². The lowest BCUT2D eigenvalue weighted by Gasteiger charge is -2.19. The number of nitrogens with zero attached hydrogens (tertiary/aromatic N) is 2. The second kappa shape index (κ2) is 5.04. The largest absolute Gasteiger partial charge is 0.378 e. The minimum atomic E-state index is 0.204. The van der Waals surface area contributed by atoms with Crippen LogP contribution in [0.3, 0.4) is 0 Å². The highest BCUT2D eigenvalue weighted by Crippen LogP contribution is 2.16. The first-order valence-electron chi connectivity index (χ1n) is 4.77. The van der Waals surface area contributed by atoms with Gasteiger partial charge in [-0.1, -0.05) is 0 Å². The van der Waals surface area contributed by atoms with Crippen molar-refractivity contribution in [2.24, 2.45) is 0 Å². The van der Waals surface area contributed by atoms with Gasteiger partial charge < -0.3 is 15.4 Å². The van der Waals surface area contributed by atoms with E-state index >= 15 is 0 Å². The van der Waals surface area contributed by atoms with Crippen molar-refractivity contribution in [3.05, 3.63) is 16.1 Å². The molecule has 5 nitrogen and oxygen atoms in total. The molecule has 0 aromatic carbocycles. The summed E-state index contributed by atoms with van der Waals surface area (Å²) < 4.78 is 6.39. The SMILES string of the molecule is CO[C@H]1CNCC1Nc1ncncc1I. The number of hydrogen-bond acceptors (Lipinski definition) is 5. The average molecular weight is 320 g/mol. The van der Waals surface area contributed by atoms with E-state index in [2.05, 4.69) is 43.2 Å². The Balaban J connectivity index is 2.05. The molecule has 1 fully saturated rings. The number of halogens is 1. The molecule has 0 aliphatic carbocycles. The molecular formula is C9H13IN4O. The van der Waals surface area contributed by atoms with Crippen LogP contribution in [0.2, 0.25) is 0 Å². The van der Waals surface area contributed by atoms with Crippen molar-refractivity contribution in [1.82, 2.24) is 15.3 Å². The zero-order valence-corrected chi connectivity index (χ0v) is 10.6. The summed E-state index contributed by atoms with van der Waals surface area (Å²) in [7, 11) is 1.73. The normalized spacial score (nSPS) is 25.5. The number of ether oxygens (including phenoxy) is 1. The molecule has 1 aliphatic rings. The summed E-state index contributed by atoms with van der Waals surface area (Å²) in [5.74, 6) is 0.876. The molecule has 2 N–H and O–H groups in total. The summed E-state index contributed by atoms with van der Waals surface area (Å²) in [6.45, 7) is 1.79. The van der Waals surface area contributed by atoms with E-state index in [0.29, 0.717) is 0 Å². The van der Waals surface area contributed by atoms with E-state index < -0.39 is 0 Å². The van der Waals surface area contributed by atoms with E-state index in [4.69, 9.17) is 4.74 Å². The van der Waals surface area contributed by atoms with Crippen LogP contribution < -0.4 is 10.6 Å². The van der Waals surface area contributed by atoms with Gasteiger partial charge >= 0.3 is 0 Å². The fraction of sp³-hybridized carbons (Fsp3) is 0.556. The van der Waals surface area contributed by atoms with Crippen molar-refractivity contribution >= 4 is 28.4 Å². The van der Waals surface area contributed by atoms with Crippen molar-refractivity contribution in [3.63, 3.8) is 0 Å². The van der Waals surface area contributed by atoms with Crippen molar-refractivity contribution in [1.29, 1.82) is 0 Å². The molecular weight excluding hydrogens is 307 g/mol.